The molecular formula is C24H25NO6S. The average molecular weight is 456 g/mol. The van der Waals surface area contributed by atoms with Gasteiger partial charge in [0.1, 0.15) is 17.4 Å². The lowest BCUT2D eigenvalue weighted by Gasteiger charge is -2.15. The van der Waals surface area contributed by atoms with Gasteiger partial charge in [0, 0.05) is 34.4 Å². The van der Waals surface area contributed by atoms with Crippen molar-refractivity contribution in [3.8, 4) is 5.75 Å². The molecule has 3 aromatic rings. The van der Waals surface area contributed by atoms with Crippen molar-refractivity contribution in [3.05, 3.63) is 75.1 Å². The van der Waals surface area contributed by atoms with Gasteiger partial charge in [-0.15, -0.1) is 0 Å². The number of phenols is 1. The van der Waals surface area contributed by atoms with Crippen molar-refractivity contribution in [2.24, 2.45) is 0 Å². The van der Waals surface area contributed by atoms with Crippen molar-refractivity contribution in [2.75, 3.05) is 5.75 Å². The molecule has 0 bridgehead atoms. The Morgan fingerprint density at radius 1 is 1.09 bits per heavy atom. The van der Waals surface area contributed by atoms with Crippen LogP contribution in [0.2, 0.25) is 0 Å². The molecule has 0 saturated heterocycles. The Hall–Kier alpha value is -3.26. The van der Waals surface area contributed by atoms with E-state index < -0.39 is 23.5 Å². The van der Waals surface area contributed by atoms with Gasteiger partial charge < -0.3 is 19.9 Å². The van der Waals surface area contributed by atoms with E-state index in [0.29, 0.717) is 33.4 Å². The summed E-state index contributed by atoms with van der Waals surface area (Å²) in [7, 11) is 0. The van der Waals surface area contributed by atoms with E-state index in [1.165, 1.54) is 17.8 Å². The van der Waals surface area contributed by atoms with Crippen LogP contribution in [-0.4, -0.2) is 33.9 Å². The van der Waals surface area contributed by atoms with E-state index in [1.54, 1.807) is 19.9 Å². The van der Waals surface area contributed by atoms with Crippen molar-refractivity contribution in [1.29, 1.82) is 0 Å². The summed E-state index contributed by atoms with van der Waals surface area (Å²) in [5.41, 5.74) is 2.36. The molecule has 1 aromatic heterocycles. The van der Waals surface area contributed by atoms with Gasteiger partial charge in [-0.05, 0) is 43.5 Å². The number of hydrogen-bond acceptors (Lipinski definition) is 6. The van der Waals surface area contributed by atoms with E-state index in [1.807, 2.05) is 30.3 Å². The smallest absolute Gasteiger partial charge is 0.339 e. The molecule has 0 saturated carbocycles. The maximum atomic E-state index is 12.5. The monoisotopic (exact) mass is 455 g/mol. The molecule has 1 heterocycles. The molecule has 0 fully saturated rings. The fraction of sp³-hybridized carbons (Fsp3) is 0.292. The zero-order chi connectivity index (χ0) is 23.3. The highest BCUT2D eigenvalue weighted by Crippen LogP contribution is 2.28. The number of thioether (sulfide) groups is 1. The van der Waals surface area contributed by atoms with Crippen molar-refractivity contribution in [3.63, 3.8) is 0 Å². The predicted molar refractivity (Wildman–Crippen MR) is 124 cm³/mol. The highest BCUT2D eigenvalue weighted by Gasteiger charge is 2.21. The minimum Gasteiger partial charge on any atom is -0.508 e. The molecule has 8 heteroatoms. The molecule has 32 heavy (non-hydrogen) atoms. The van der Waals surface area contributed by atoms with Crippen molar-refractivity contribution < 1.29 is 24.2 Å². The van der Waals surface area contributed by atoms with Crippen LogP contribution in [-0.2, 0) is 21.8 Å². The SMILES string of the molecule is Cc1c(CCC(=O)N[C@@H](CSCc2ccccc2)C(=O)O)c(=O)oc2c(C)c(O)ccc12. The number of benzene rings is 2. The molecule has 7 nitrogen and oxygen atoms in total. The molecular weight excluding hydrogens is 430 g/mol. The first-order valence-electron chi connectivity index (χ1n) is 10.2. The number of phenolic OH excluding ortho intramolecular Hbond substituents is 1. The lowest BCUT2D eigenvalue weighted by molar-refractivity contribution is -0.141. The quantitative estimate of drug-likeness (QED) is 0.423. The van der Waals surface area contributed by atoms with Gasteiger partial charge >= 0.3 is 11.6 Å². The number of amides is 1. The summed E-state index contributed by atoms with van der Waals surface area (Å²) in [4.78, 5) is 36.4. The molecule has 0 aliphatic carbocycles. The fourth-order valence-corrected chi connectivity index (χ4v) is 4.42. The number of nitrogens with one attached hydrogen (secondary N) is 1. The maximum Gasteiger partial charge on any atom is 0.339 e. The third kappa shape index (κ3) is 5.50. The van der Waals surface area contributed by atoms with Crippen LogP contribution in [0.25, 0.3) is 11.0 Å². The zero-order valence-electron chi connectivity index (χ0n) is 17.9. The molecule has 2 aromatic carbocycles. The Morgan fingerprint density at radius 2 is 1.81 bits per heavy atom. The second-order valence-electron chi connectivity index (χ2n) is 7.54. The molecule has 3 rings (SSSR count). The Morgan fingerprint density at radius 3 is 2.50 bits per heavy atom. The summed E-state index contributed by atoms with van der Waals surface area (Å²) in [5.74, 6) is -0.631. The lowest BCUT2D eigenvalue weighted by atomic mass is 10.0. The number of aryl methyl sites for hydroxylation is 2. The topological polar surface area (TPSA) is 117 Å². The zero-order valence-corrected chi connectivity index (χ0v) is 18.7. The number of carbonyl (C=O) groups excluding carboxylic acids is 1. The molecule has 0 aliphatic rings. The molecule has 1 atom stereocenters. The highest BCUT2D eigenvalue weighted by molar-refractivity contribution is 7.98. The first-order valence-corrected chi connectivity index (χ1v) is 11.3. The number of carboxylic acids is 1. The molecule has 0 aliphatic heterocycles. The molecule has 0 radical (unpaired) electrons. The van der Waals surface area contributed by atoms with Gasteiger partial charge in [-0.1, -0.05) is 30.3 Å². The summed E-state index contributed by atoms with van der Waals surface area (Å²) in [5, 5.41) is 22.5. The summed E-state index contributed by atoms with van der Waals surface area (Å²) >= 11 is 1.43. The number of carboxylic acid groups (broad SMARTS) is 1. The van der Waals surface area contributed by atoms with Gasteiger partial charge in [0.15, 0.2) is 0 Å². The molecule has 0 spiro atoms. The Labute approximate surface area is 189 Å². The van der Waals surface area contributed by atoms with E-state index in [0.717, 1.165) is 5.56 Å². The third-order valence-electron chi connectivity index (χ3n) is 5.31. The molecule has 3 N–H and O–H groups in total. The van der Waals surface area contributed by atoms with Crippen LogP contribution in [0.15, 0.2) is 51.7 Å². The molecule has 0 unspecified atom stereocenters. The van der Waals surface area contributed by atoms with E-state index in [4.69, 9.17) is 4.42 Å². The van der Waals surface area contributed by atoms with Gasteiger partial charge in [-0.2, -0.15) is 11.8 Å². The third-order valence-corrected chi connectivity index (χ3v) is 6.41. The number of aromatic hydroxyl groups is 1. The van der Waals surface area contributed by atoms with Crippen LogP contribution in [0.5, 0.6) is 5.75 Å². The number of aliphatic carboxylic acids is 1. The highest BCUT2D eigenvalue weighted by atomic mass is 32.2. The van der Waals surface area contributed by atoms with Crippen molar-refractivity contribution in [2.45, 2.75) is 38.5 Å². The molecule has 168 valence electrons. The standard InChI is InChI=1S/C24H25NO6S/c1-14-17-8-10-20(26)15(2)22(17)31-24(30)18(14)9-11-21(27)25-19(23(28)29)13-32-12-16-6-4-3-5-7-16/h3-8,10,19,26H,9,11-13H2,1-2H3,(H,25,27)(H,28,29)/t19-/m0/s1. The first kappa shape index (κ1) is 23.4. The molecule has 1 amide bonds. The second-order valence-corrected chi connectivity index (χ2v) is 8.57. The van der Waals surface area contributed by atoms with Crippen LogP contribution >= 0.6 is 11.8 Å². The van der Waals surface area contributed by atoms with E-state index in [-0.39, 0.29) is 24.3 Å². The predicted octanol–water partition coefficient (Wildman–Crippen LogP) is 3.55. The summed E-state index contributed by atoms with van der Waals surface area (Å²) in [6.07, 6.45) is 0.0840. The van der Waals surface area contributed by atoms with Gasteiger partial charge in [0.05, 0.1) is 0 Å². The first-order chi connectivity index (χ1) is 15.3. The van der Waals surface area contributed by atoms with Gasteiger partial charge in [-0.25, -0.2) is 9.59 Å². The Bertz CT molecular complexity index is 1190. The largest absolute Gasteiger partial charge is 0.508 e. The average Bonchev–Trinajstić information content (AvgIpc) is 2.76. The lowest BCUT2D eigenvalue weighted by Crippen LogP contribution is -2.42. The van der Waals surface area contributed by atoms with E-state index in [9.17, 15) is 24.6 Å². The van der Waals surface area contributed by atoms with Crippen LogP contribution < -0.4 is 10.9 Å². The van der Waals surface area contributed by atoms with Gasteiger partial charge in [0.2, 0.25) is 5.91 Å². The van der Waals surface area contributed by atoms with Gasteiger partial charge in [0.25, 0.3) is 0 Å². The van der Waals surface area contributed by atoms with Crippen molar-refractivity contribution in [1.82, 2.24) is 5.32 Å². The maximum absolute atomic E-state index is 12.5. The normalized spacial score (nSPS) is 11.9. The minimum absolute atomic E-state index is 0.0389. The number of fused-ring (bicyclic) bond motifs is 1. The Balaban J connectivity index is 1.62. The van der Waals surface area contributed by atoms with Crippen LogP contribution in [0, 0.1) is 13.8 Å². The number of carbonyl (C=O) groups is 2. The van der Waals surface area contributed by atoms with E-state index in [2.05, 4.69) is 5.32 Å². The van der Waals surface area contributed by atoms with Crippen LogP contribution in [0.4, 0.5) is 0 Å². The number of rotatable bonds is 9. The van der Waals surface area contributed by atoms with Crippen molar-refractivity contribution >= 4 is 34.6 Å². The van der Waals surface area contributed by atoms with Crippen LogP contribution in [0.3, 0.4) is 0 Å². The Kier molecular flexibility index (Phi) is 7.58. The second kappa shape index (κ2) is 10.4. The summed E-state index contributed by atoms with van der Waals surface area (Å²) in [6.45, 7) is 3.43. The summed E-state index contributed by atoms with van der Waals surface area (Å²) < 4.78 is 5.39. The van der Waals surface area contributed by atoms with E-state index >= 15 is 0 Å². The van der Waals surface area contributed by atoms with Crippen LogP contribution in [0.1, 0.15) is 28.7 Å². The fourth-order valence-electron chi connectivity index (χ4n) is 3.42. The van der Waals surface area contributed by atoms with Gasteiger partial charge in [-0.3, -0.25) is 4.79 Å². The minimum atomic E-state index is -1.10. The summed E-state index contributed by atoms with van der Waals surface area (Å²) in [6, 6.07) is 11.9. The number of hydrogen-bond donors (Lipinski definition) is 3.